The Kier molecular flexibility index (Phi) is 7.27. The summed E-state index contributed by atoms with van der Waals surface area (Å²) in [5, 5.41) is 7.06. The molecule has 2 rings (SSSR count). The van der Waals surface area contributed by atoms with E-state index in [9.17, 15) is 0 Å². The van der Waals surface area contributed by atoms with Gasteiger partial charge in [-0.1, -0.05) is 38.1 Å². The highest BCUT2D eigenvalue weighted by atomic mass is 32.1. The lowest BCUT2D eigenvalue weighted by Gasteiger charge is -2.19. The van der Waals surface area contributed by atoms with Crippen molar-refractivity contribution in [1.82, 2.24) is 5.32 Å². The first-order chi connectivity index (χ1) is 12.5. The Morgan fingerprint density at radius 2 is 1.65 bits per heavy atom. The van der Waals surface area contributed by atoms with E-state index < -0.39 is 0 Å². The molecule has 0 radical (unpaired) electrons. The van der Waals surface area contributed by atoms with Crippen molar-refractivity contribution in [2.45, 2.75) is 39.2 Å². The van der Waals surface area contributed by atoms with E-state index in [1.807, 2.05) is 18.2 Å². The van der Waals surface area contributed by atoms with Crippen molar-refractivity contribution in [2.24, 2.45) is 0 Å². The number of nitrogens with one attached hydrogen (secondary N) is 2. The lowest BCUT2D eigenvalue weighted by atomic mass is 9.96. The molecule has 140 valence electrons. The van der Waals surface area contributed by atoms with E-state index in [4.69, 9.17) is 21.7 Å². The van der Waals surface area contributed by atoms with E-state index >= 15 is 0 Å². The van der Waals surface area contributed by atoms with Crippen LogP contribution < -0.4 is 20.1 Å². The normalized spacial score (nSPS) is 12.8. The van der Waals surface area contributed by atoms with Crippen LogP contribution in [0.15, 0.2) is 42.5 Å². The van der Waals surface area contributed by atoms with Crippen LogP contribution in [0.5, 0.6) is 11.5 Å². The number of benzene rings is 2. The molecule has 0 amide bonds. The molecule has 0 saturated carbocycles. The fourth-order valence-electron chi connectivity index (χ4n) is 2.69. The minimum Gasteiger partial charge on any atom is -0.497 e. The summed E-state index contributed by atoms with van der Waals surface area (Å²) in [6.07, 6.45) is 1.14. The van der Waals surface area contributed by atoms with Gasteiger partial charge in [-0.15, -0.1) is 0 Å². The average molecular weight is 373 g/mol. The second-order valence-corrected chi connectivity index (χ2v) is 6.77. The summed E-state index contributed by atoms with van der Waals surface area (Å²) in [5.74, 6) is 2.00. The van der Waals surface area contributed by atoms with Crippen molar-refractivity contribution < 1.29 is 9.47 Å². The lowest BCUT2D eigenvalue weighted by molar-refractivity contribution is 0.395. The summed E-state index contributed by atoms with van der Waals surface area (Å²) in [5.41, 5.74) is 3.36. The molecule has 0 heterocycles. The van der Waals surface area contributed by atoms with E-state index in [1.165, 1.54) is 11.1 Å². The van der Waals surface area contributed by atoms with Crippen molar-refractivity contribution in [3.05, 3.63) is 53.6 Å². The van der Waals surface area contributed by atoms with Crippen molar-refractivity contribution in [2.75, 3.05) is 19.5 Å². The minimum atomic E-state index is 0.102. The van der Waals surface area contributed by atoms with Crippen LogP contribution in [-0.4, -0.2) is 19.3 Å². The number of methoxy groups -OCH3 is 2. The Morgan fingerprint density at radius 3 is 2.23 bits per heavy atom. The molecule has 5 heteroatoms. The summed E-state index contributed by atoms with van der Waals surface area (Å²) < 4.78 is 10.6. The topological polar surface area (TPSA) is 42.5 Å². The quantitative estimate of drug-likeness (QED) is 0.649. The van der Waals surface area contributed by atoms with Crippen LogP contribution in [0.4, 0.5) is 5.69 Å². The molecule has 0 bridgehead atoms. The van der Waals surface area contributed by atoms with Gasteiger partial charge in [0.05, 0.1) is 25.9 Å². The number of anilines is 1. The maximum Gasteiger partial charge on any atom is 0.171 e. The van der Waals surface area contributed by atoms with Crippen LogP contribution in [0.1, 0.15) is 50.3 Å². The molecule has 2 N–H and O–H groups in total. The highest BCUT2D eigenvalue weighted by Gasteiger charge is 2.11. The van der Waals surface area contributed by atoms with Gasteiger partial charge >= 0.3 is 0 Å². The van der Waals surface area contributed by atoms with Gasteiger partial charge in [0.25, 0.3) is 0 Å². The molecule has 0 aliphatic heterocycles. The van der Waals surface area contributed by atoms with Crippen LogP contribution in [0.3, 0.4) is 0 Å². The van der Waals surface area contributed by atoms with Crippen molar-refractivity contribution in [3.63, 3.8) is 0 Å². The Bertz CT molecular complexity index is 731. The van der Waals surface area contributed by atoms with Gasteiger partial charge in [0.15, 0.2) is 5.11 Å². The minimum absolute atomic E-state index is 0.102. The highest BCUT2D eigenvalue weighted by Crippen LogP contribution is 2.29. The van der Waals surface area contributed by atoms with Crippen molar-refractivity contribution in [3.8, 4) is 11.5 Å². The summed E-state index contributed by atoms with van der Waals surface area (Å²) in [4.78, 5) is 0. The molecule has 0 aliphatic carbocycles. The van der Waals surface area contributed by atoms with E-state index in [0.29, 0.717) is 16.8 Å². The van der Waals surface area contributed by atoms with E-state index in [-0.39, 0.29) is 6.04 Å². The van der Waals surface area contributed by atoms with Crippen LogP contribution >= 0.6 is 12.2 Å². The van der Waals surface area contributed by atoms with Gasteiger partial charge in [-0.25, -0.2) is 0 Å². The zero-order valence-electron chi connectivity index (χ0n) is 16.1. The van der Waals surface area contributed by atoms with Gasteiger partial charge in [-0.3, -0.25) is 0 Å². The van der Waals surface area contributed by atoms with Crippen molar-refractivity contribution in [1.29, 1.82) is 0 Å². The molecule has 4 nitrogen and oxygen atoms in total. The first kappa shape index (κ1) is 20.0. The van der Waals surface area contributed by atoms with Gasteiger partial charge in [-0.2, -0.15) is 0 Å². The molecule has 2 aromatic carbocycles. The van der Waals surface area contributed by atoms with Crippen LogP contribution in [0.2, 0.25) is 0 Å². The van der Waals surface area contributed by atoms with Crippen LogP contribution in [-0.2, 0) is 0 Å². The SMILES string of the molecule is CC[C@@H](C)c1ccc([C@@H](C)NC(=S)Nc2ccc(OC)cc2OC)cc1. The third kappa shape index (κ3) is 5.11. The zero-order valence-corrected chi connectivity index (χ0v) is 16.9. The smallest absolute Gasteiger partial charge is 0.171 e. The standard InChI is InChI=1S/C21H28N2O2S/c1-6-14(2)16-7-9-17(10-8-16)15(3)22-21(26)23-19-12-11-18(24-4)13-20(19)25-5/h7-15H,6H2,1-5H3,(H2,22,23,26)/t14-,15-/m1/s1. The molecular weight excluding hydrogens is 344 g/mol. The molecule has 26 heavy (non-hydrogen) atoms. The fourth-order valence-corrected chi connectivity index (χ4v) is 2.98. The van der Waals surface area contributed by atoms with Crippen LogP contribution in [0, 0.1) is 0 Å². The first-order valence-corrected chi connectivity index (χ1v) is 9.28. The Labute approximate surface area is 161 Å². The monoisotopic (exact) mass is 372 g/mol. The predicted molar refractivity (Wildman–Crippen MR) is 112 cm³/mol. The molecule has 0 fully saturated rings. The maximum absolute atomic E-state index is 5.46. The van der Waals surface area contributed by atoms with Gasteiger partial charge in [-0.05, 0) is 54.7 Å². The Hall–Kier alpha value is -2.27. The summed E-state index contributed by atoms with van der Waals surface area (Å²) in [6.45, 7) is 6.55. The zero-order chi connectivity index (χ0) is 19.1. The van der Waals surface area contributed by atoms with Crippen LogP contribution in [0.25, 0.3) is 0 Å². The second-order valence-electron chi connectivity index (χ2n) is 6.36. The first-order valence-electron chi connectivity index (χ1n) is 8.87. The number of rotatable bonds is 7. The highest BCUT2D eigenvalue weighted by molar-refractivity contribution is 7.80. The largest absolute Gasteiger partial charge is 0.497 e. The Balaban J connectivity index is 2.01. The summed E-state index contributed by atoms with van der Waals surface area (Å²) >= 11 is 5.46. The number of thiocarbonyl (C=S) groups is 1. The third-order valence-electron chi connectivity index (χ3n) is 4.62. The average Bonchev–Trinajstić information content (AvgIpc) is 2.67. The van der Waals surface area contributed by atoms with Crippen molar-refractivity contribution >= 4 is 23.0 Å². The predicted octanol–water partition coefficient (Wildman–Crippen LogP) is 5.26. The molecule has 2 aromatic rings. The number of hydrogen-bond acceptors (Lipinski definition) is 3. The van der Waals surface area contributed by atoms with Gasteiger partial charge < -0.3 is 20.1 Å². The van der Waals surface area contributed by atoms with Gasteiger partial charge in [0.1, 0.15) is 11.5 Å². The van der Waals surface area contributed by atoms with Gasteiger partial charge in [0.2, 0.25) is 0 Å². The fraction of sp³-hybridized carbons (Fsp3) is 0.381. The summed E-state index contributed by atoms with van der Waals surface area (Å²) in [6, 6.07) is 14.4. The Morgan fingerprint density at radius 1 is 1.00 bits per heavy atom. The van der Waals surface area contributed by atoms with E-state index in [2.05, 4.69) is 55.7 Å². The molecular formula is C21H28N2O2S. The molecule has 0 saturated heterocycles. The maximum atomic E-state index is 5.46. The molecule has 0 aliphatic rings. The lowest BCUT2D eigenvalue weighted by Crippen LogP contribution is -2.31. The van der Waals surface area contributed by atoms with E-state index in [0.717, 1.165) is 17.9 Å². The molecule has 0 unspecified atom stereocenters. The molecule has 0 spiro atoms. The molecule has 0 aromatic heterocycles. The second kappa shape index (κ2) is 9.43. The van der Waals surface area contributed by atoms with Gasteiger partial charge in [0, 0.05) is 6.07 Å². The summed E-state index contributed by atoms with van der Waals surface area (Å²) in [7, 11) is 3.25. The molecule has 2 atom stereocenters. The number of ether oxygens (including phenoxy) is 2. The number of hydrogen-bond donors (Lipinski definition) is 2. The van der Waals surface area contributed by atoms with E-state index in [1.54, 1.807) is 14.2 Å². The third-order valence-corrected chi connectivity index (χ3v) is 4.84.